The van der Waals surface area contributed by atoms with Gasteiger partial charge in [-0.2, -0.15) is 5.10 Å². The molecule has 1 N–H and O–H groups in total. The highest BCUT2D eigenvalue weighted by Crippen LogP contribution is 2.38. The highest BCUT2D eigenvalue weighted by molar-refractivity contribution is 7.09. The zero-order valence-electron chi connectivity index (χ0n) is 19.3. The van der Waals surface area contributed by atoms with Crippen molar-refractivity contribution in [3.63, 3.8) is 0 Å². The quantitative estimate of drug-likeness (QED) is 0.370. The van der Waals surface area contributed by atoms with E-state index in [0.29, 0.717) is 11.8 Å². The lowest BCUT2D eigenvalue weighted by molar-refractivity contribution is 0.200. The zero-order valence-corrected chi connectivity index (χ0v) is 20.2. The molecule has 9 heteroatoms. The lowest BCUT2D eigenvalue weighted by atomic mass is 9.95. The van der Waals surface area contributed by atoms with Crippen LogP contribution in [0.15, 0.2) is 54.3 Å². The van der Waals surface area contributed by atoms with Gasteiger partial charge in [-0.1, -0.05) is 11.3 Å². The van der Waals surface area contributed by atoms with Crippen molar-refractivity contribution in [2.75, 3.05) is 13.1 Å². The lowest BCUT2D eigenvalue weighted by Crippen LogP contribution is -2.33. The predicted octanol–water partition coefficient (Wildman–Crippen LogP) is 4.92. The maximum absolute atomic E-state index is 4.57. The molecule has 1 aliphatic carbocycles. The van der Waals surface area contributed by atoms with Crippen LogP contribution < -0.4 is 0 Å². The summed E-state index contributed by atoms with van der Waals surface area (Å²) in [5.41, 5.74) is 4.80. The second kappa shape index (κ2) is 8.66. The van der Waals surface area contributed by atoms with E-state index in [2.05, 4.69) is 71.2 Å². The van der Waals surface area contributed by atoms with Gasteiger partial charge in [-0.05, 0) is 61.9 Å². The summed E-state index contributed by atoms with van der Waals surface area (Å²) in [7, 11) is 0. The maximum atomic E-state index is 4.57. The van der Waals surface area contributed by atoms with E-state index in [1.54, 1.807) is 0 Å². The number of aromatic amines is 1. The summed E-state index contributed by atoms with van der Waals surface area (Å²) in [6.45, 7) is 3.19. The van der Waals surface area contributed by atoms with E-state index in [-0.39, 0.29) is 0 Å². The fourth-order valence-corrected chi connectivity index (χ4v) is 5.78. The van der Waals surface area contributed by atoms with Crippen molar-refractivity contribution >= 4 is 22.2 Å². The first-order chi connectivity index (χ1) is 17.3. The molecule has 8 nitrogen and oxygen atoms in total. The van der Waals surface area contributed by atoms with Gasteiger partial charge >= 0.3 is 0 Å². The van der Waals surface area contributed by atoms with Crippen LogP contribution in [0.2, 0.25) is 0 Å². The number of hydrogen-bond acceptors (Lipinski definition) is 7. The molecule has 1 saturated carbocycles. The number of fused-ring (bicyclic) bond motifs is 1. The number of likely N-dealkylation sites (tertiary alicyclic amines) is 1. The Balaban J connectivity index is 1.13. The van der Waals surface area contributed by atoms with Crippen LogP contribution in [0.4, 0.5) is 0 Å². The molecule has 176 valence electrons. The smallest absolute Gasteiger partial charge is 0.131 e. The van der Waals surface area contributed by atoms with E-state index in [4.69, 9.17) is 0 Å². The number of aromatic nitrogens is 7. The molecular formula is C26H26N8S. The van der Waals surface area contributed by atoms with Crippen LogP contribution in [0.3, 0.4) is 0 Å². The number of nitrogens with zero attached hydrogens (tertiary/aromatic N) is 7. The fourth-order valence-electron chi connectivity index (χ4n) is 5.03. The first-order valence-corrected chi connectivity index (χ1v) is 13.2. The van der Waals surface area contributed by atoms with Crippen LogP contribution >= 0.6 is 11.3 Å². The number of nitrogens with one attached hydrogen (secondary N) is 1. The third-order valence-electron chi connectivity index (χ3n) is 7.09. The Hall–Kier alpha value is -3.43. The number of rotatable bonds is 6. The molecule has 2 aliphatic rings. The van der Waals surface area contributed by atoms with Gasteiger partial charge in [0.15, 0.2) is 0 Å². The predicted molar refractivity (Wildman–Crippen MR) is 136 cm³/mol. The largest absolute Gasteiger partial charge is 0.298 e. The highest BCUT2D eigenvalue weighted by Gasteiger charge is 2.27. The Labute approximate surface area is 207 Å². The Morgan fingerprint density at radius 1 is 1.06 bits per heavy atom. The topological polar surface area (TPSA) is 88.4 Å². The Kier molecular flexibility index (Phi) is 5.17. The van der Waals surface area contributed by atoms with Crippen molar-refractivity contribution in [1.82, 2.24) is 40.1 Å². The number of hydrogen-bond donors (Lipinski definition) is 1. The van der Waals surface area contributed by atoms with E-state index < -0.39 is 0 Å². The molecule has 35 heavy (non-hydrogen) atoms. The van der Waals surface area contributed by atoms with Gasteiger partial charge in [0.2, 0.25) is 0 Å². The van der Waals surface area contributed by atoms with Gasteiger partial charge < -0.3 is 0 Å². The van der Waals surface area contributed by atoms with Crippen LogP contribution in [0.25, 0.3) is 27.8 Å². The van der Waals surface area contributed by atoms with Gasteiger partial charge in [-0.25, -0.2) is 14.6 Å². The summed E-state index contributed by atoms with van der Waals surface area (Å²) in [6, 6.07) is 10.6. The third kappa shape index (κ3) is 4.15. The van der Waals surface area contributed by atoms with Crippen molar-refractivity contribution in [3.05, 3.63) is 70.7 Å². The summed E-state index contributed by atoms with van der Waals surface area (Å²) in [6.07, 6.45) is 10.6. The van der Waals surface area contributed by atoms with Crippen LogP contribution in [0.5, 0.6) is 0 Å². The van der Waals surface area contributed by atoms with Crippen LogP contribution in [-0.4, -0.2) is 53.1 Å². The fraction of sp³-hybridized carbons (Fsp3) is 0.346. The molecule has 4 aromatic heterocycles. The van der Waals surface area contributed by atoms with Crippen LogP contribution in [-0.2, 0) is 6.54 Å². The van der Waals surface area contributed by atoms with Gasteiger partial charge in [0, 0.05) is 53.1 Å². The molecule has 5 aromatic rings. The van der Waals surface area contributed by atoms with Crippen molar-refractivity contribution in [1.29, 1.82) is 0 Å². The van der Waals surface area contributed by atoms with E-state index in [1.165, 1.54) is 24.1 Å². The summed E-state index contributed by atoms with van der Waals surface area (Å²) < 4.78 is 1.89. The summed E-state index contributed by atoms with van der Waals surface area (Å²) in [5, 5.41) is 19.9. The maximum Gasteiger partial charge on any atom is 0.131 e. The SMILES string of the molecule is c1csc(CN2CCC[C@@H](c3cn(-c4ccc5[nH]nc(-c6cnc(C7CC7)nc6)c5c4)nn3)C2)c1. The van der Waals surface area contributed by atoms with Crippen molar-refractivity contribution < 1.29 is 0 Å². The second-order valence-electron chi connectivity index (χ2n) is 9.65. The van der Waals surface area contributed by atoms with Crippen LogP contribution in [0, 0.1) is 0 Å². The third-order valence-corrected chi connectivity index (χ3v) is 7.95. The molecule has 0 spiro atoms. The highest BCUT2D eigenvalue weighted by atomic mass is 32.1. The zero-order chi connectivity index (χ0) is 23.2. The molecule has 5 heterocycles. The monoisotopic (exact) mass is 482 g/mol. The molecule has 1 saturated heterocycles. The number of benzene rings is 1. The average Bonchev–Trinajstić information content (AvgIpc) is 3.25. The van der Waals surface area contributed by atoms with E-state index in [0.717, 1.165) is 65.4 Å². The van der Waals surface area contributed by atoms with Gasteiger partial charge in [-0.3, -0.25) is 10.00 Å². The van der Waals surface area contributed by atoms with Crippen molar-refractivity contribution in [2.45, 2.75) is 44.1 Å². The van der Waals surface area contributed by atoms with Gasteiger partial charge in [-0.15, -0.1) is 16.4 Å². The summed E-state index contributed by atoms with van der Waals surface area (Å²) in [4.78, 5) is 13.1. The molecule has 2 fully saturated rings. The molecule has 0 radical (unpaired) electrons. The van der Waals surface area contributed by atoms with Crippen molar-refractivity contribution in [2.24, 2.45) is 0 Å². The molecule has 1 atom stereocenters. The van der Waals surface area contributed by atoms with E-state index in [9.17, 15) is 0 Å². The van der Waals surface area contributed by atoms with Gasteiger partial charge in [0.05, 0.1) is 23.1 Å². The molecule has 1 aliphatic heterocycles. The van der Waals surface area contributed by atoms with E-state index in [1.807, 2.05) is 34.5 Å². The summed E-state index contributed by atoms with van der Waals surface area (Å²) >= 11 is 1.83. The Morgan fingerprint density at radius 3 is 2.80 bits per heavy atom. The normalized spacial score (nSPS) is 18.9. The standard InChI is InChI=1S/C26H26N8S/c1-3-18(14-33(9-1)15-21-4-2-10-35-21)24-16-34(32-30-24)20-7-8-23-22(11-20)25(31-29-23)19-12-27-26(28-13-19)17-5-6-17/h2,4,7-8,10-13,16-18H,1,3,5-6,9,14-15H2,(H,29,31)/t18-/m1/s1. The molecule has 0 unspecified atom stereocenters. The number of thiophene rings is 1. The molecular weight excluding hydrogens is 456 g/mol. The van der Waals surface area contributed by atoms with Crippen LogP contribution in [0.1, 0.15) is 53.9 Å². The first-order valence-electron chi connectivity index (χ1n) is 12.3. The lowest BCUT2D eigenvalue weighted by Gasteiger charge is -2.31. The number of piperidine rings is 1. The minimum absolute atomic E-state index is 0.410. The minimum Gasteiger partial charge on any atom is -0.298 e. The minimum atomic E-state index is 0.410. The van der Waals surface area contributed by atoms with Gasteiger partial charge in [0.1, 0.15) is 11.5 Å². The molecule has 0 bridgehead atoms. The Morgan fingerprint density at radius 2 is 1.97 bits per heavy atom. The molecule has 1 aromatic carbocycles. The van der Waals surface area contributed by atoms with Gasteiger partial charge in [0.25, 0.3) is 0 Å². The Bertz CT molecular complexity index is 1450. The van der Waals surface area contributed by atoms with E-state index >= 15 is 0 Å². The molecule has 0 amide bonds. The molecule has 7 rings (SSSR count). The second-order valence-corrected chi connectivity index (χ2v) is 10.7. The number of H-pyrrole nitrogens is 1. The summed E-state index contributed by atoms with van der Waals surface area (Å²) in [5.74, 6) is 1.90. The average molecular weight is 483 g/mol. The first kappa shape index (κ1) is 20.9. The van der Waals surface area contributed by atoms with Crippen molar-refractivity contribution in [3.8, 4) is 16.9 Å².